The Hall–Kier alpha value is -1.61. The van der Waals surface area contributed by atoms with E-state index in [4.69, 9.17) is 55.4 Å². The van der Waals surface area contributed by atoms with Crippen molar-refractivity contribution in [3.8, 4) is 0 Å². The third kappa shape index (κ3) is 44.5. The number of Topliss-reactive ketones (excluding diaryl/α,β-unsaturated/α-hetero) is 2. The van der Waals surface area contributed by atoms with Crippen molar-refractivity contribution in [3.05, 3.63) is 6.92 Å². The Balaban J connectivity index is 0.0000141. The topological polar surface area (TPSA) is 544 Å². The summed E-state index contributed by atoms with van der Waals surface area (Å²) >= 11 is 0. The maximum absolute atomic E-state index is 12.5. The van der Waals surface area contributed by atoms with Gasteiger partial charge in [0.1, 0.15) is 90.8 Å². The number of hydrogen-bond donors (Lipinski definition) is 13. The van der Waals surface area contributed by atoms with E-state index in [9.17, 15) is 89.4 Å². The van der Waals surface area contributed by atoms with Gasteiger partial charge in [-0.25, -0.2) is 8.42 Å². The molecule has 0 aromatic carbocycles. The Morgan fingerprint density at radius 1 is 0.404 bits per heavy atom. The second-order valence-corrected chi connectivity index (χ2v) is 28.8. The summed E-state index contributed by atoms with van der Waals surface area (Å²) in [6.07, 6.45) is -0.425. The van der Waals surface area contributed by atoms with Gasteiger partial charge in [0, 0.05) is 78.7 Å². The molecule has 4 aliphatic heterocycles. The number of carboxylic acid groups (broad SMARTS) is 2. The third-order valence-electron chi connectivity index (χ3n) is 18.9. The Morgan fingerprint density at radius 3 is 1.02 bits per heavy atom. The molecule has 38 heteroatoms. The van der Waals surface area contributed by atoms with Gasteiger partial charge in [-0.1, -0.05) is 122 Å². The van der Waals surface area contributed by atoms with Crippen LogP contribution in [0.3, 0.4) is 0 Å². The number of carboxylic acids is 2. The van der Waals surface area contributed by atoms with E-state index in [1.54, 1.807) is 6.92 Å². The van der Waals surface area contributed by atoms with E-state index < -0.39 is 157 Å². The molecule has 4 fully saturated rings. The molecule has 13 N–H and O–H groups in total. The van der Waals surface area contributed by atoms with Crippen LogP contribution in [0.25, 0.3) is 0 Å². The molecule has 0 aromatic rings. The summed E-state index contributed by atoms with van der Waals surface area (Å²) in [4.78, 5) is 97.3. The van der Waals surface area contributed by atoms with Crippen molar-refractivity contribution in [1.29, 1.82) is 0 Å². The number of ketones is 2. The minimum atomic E-state index is -4.92. The van der Waals surface area contributed by atoms with Gasteiger partial charge in [0.05, 0.1) is 24.1 Å². The molecule has 0 aromatic heterocycles. The molecule has 0 radical (unpaired) electrons. The quantitative estimate of drug-likeness (QED) is 0.00884. The maximum Gasteiger partial charge on any atom is 1.00 e. The molecule has 34 nitrogen and oxygen atoms in total. The van der Waals surface area contributed by atoms with E-state index >= 15 is 0 Å². The monoisotopic (exact) mass is 1610 g/mol. The molecule has 20 unspecified atom stereocenters. The van der Waals surface area contributed by atoms with E-state index in [-0.39, 0.29) is 126 Å². The van der Waals surface area contributed by atoms with Crippen molar-refractivity contribution < 1.29 is 234 Å². The third-order valence-corrected chi connectivity index (χ3v) is 18.9. The van der Waals surface area contributed by atoms with Crippen molar-refractivity contribution in [3.63, 3.8) is 0 Å². The molecular weight excluding hydrogens is 1490 g/mol. The predicted molar refractivity (Wildman–Crippen MR) is 371 cm³/mol. The first-order valence-corrected chi connectivity index (χ1v) is 39.4. The molecule has 4 saturated heterocycles. The van der Waals surface area contributed by atoms with Gasteiger partial charge in [-0.05, 0) is 76.7 Å². The van der Waals surface area contributed by atoms with Crippen LogP contribution < -0.4 is 120 Å². The molecule has 0 aliphatic carbocycles. The summed E-state index contributed by atoms with van der Waals surface area (Å²) in [6.45, 7) is 8.84. The number of aliphatic carboxylic acids is 2. The van der Waals surface area contributed by atoms with Gasteiger partial charge in [-0.2, -0.15) is 0 Å². The van der Waals surface area contributed by atoms with Gasteiger partial charge in [-0.3, -0.25) is 33.3 Å². The first-order chi connectivity index (χ1) is 50.4. The Kier molecular flexibility index (Phi) is 59.9. The van der Waals surface area contributed by atoms with E-state index in [1.807, 2.05) is 0 Å². The van der Waals surface area contributed by atoms with Crippen LogP contribution in [0.4, 0.5) is 0 Å². The zero-order chi connectivity index (χ0) is 78.7. The smallest absolute Gasteiger partial charge is 0.726 e. The number of rotatable bonds is 54. The first kappa shape index (κ1) is 107. The van der Waals surface area contributed by atoms with Gasteiger partial charge in [-0.15, -0.1) is 0 Å². The SMILES string of the molecule is O=S(=O)([O-])O.[CH2-]C1OC(OC2C(C(=O)[O-])OC(OCCCCCCNC(=O)CCCCCCCNC(=O)CCCCCCCCCCC(=O)CCCCCCCCC(=O)CCCCCCCOC3OC(C(=O)[O-])C(OC4OC(CC)C(O)C(O)C4NC(C)=O)C(O)C3O)C(O)C2O)C(NC(C)=O)C(O)C1O.[Na+].[Na+].[Na+]. The molecule has 4 amide bonds. The van der Waals surface area contributed by atoms with Gasteiger partial charge >= 0.3 is 88.7 Å². The fourth-order valence-electron chi connectivity index (χ4n) is 12.9. The standard InChI is InChI=1S/C71H123N4O26.3Na.H2O4S/c1-5-49-55(83)57(85)53(75-46(4)77)69(97-49)99-63-59(87)61(89)71(101-65(63)67(92)93)94-42-32-22-13-17-27-37-48(79)36-26-16-11-10-15-25-35-47(78)34-24-14-8-6-7-9-18-28-38-50(80)72-40-30-20-12-19-29-39-51(81)73-41-31-21-23-33-43-95-70-60(88)58(86)62(64(100-70)66(90)91)98-68-52(74-45(3)76)56(84)54(82)44(2)96-68;;;;1-5(2,3)4/h44,49,52-65,68-71,82-89H,2,5-43H2,1,3-4H3,(H,72,80)(H,73,81)(H,74,76)(H,75,77)(H,90,91)(H,92,93);;;;(H2,1,2,3,4)/q-1;3*+1;/p-3. The summed E-state index contributed by atoms with van der Waals surface area (Å²) in [5.74, 6) is -4.12. The molecule has 0 saturated carbocycles. The molecule has 109 heavy (non-hydrogen) atoms. The molecule has 616 valence electrons. The normalized spacial score (nSPS) is 28.1. The second-order valence-electron chi connectivity index (χ2n) is 27.9. The van der Waals surface area contributed by atoms with Gasteiger partial charge in [0.25, 0.3) is 0 Å². The van der Waals surface area contributed by atoms with Crippen LogP contribution in [0.5, 0.6) is 0 Å². The Labute approximate surface area is 707 Å². The Morgan fingerprint density at radius 2 is 0.697 bits per heavy atom. The van der Waals surface area contributed by atoms with Crippen LogP contribution in [-0.2, 0) is 86.7 Å². The van der Waals surface area contributed by atoms with Crippen LogP contribution in [0.15, 0.2) is 0 Å². The number of aliphatic hydroxyl groups is 8. The number of carbonyl (C=O) groups excluding carboxylic acids is 8. The van der Waals surface area contributed by atoms with Crippen molar-refractivity contribution >= 4 is 57.5 Å². The predicted octanol–water partition coefficient (Wildman–Crippen LogP) is -9.02. The van der Waals surface area contributed by atoms with Crippen molar-refractivity contribution in [2.45, 2.75) is 368 Å². The number of aliphatic hydroxyl groups excluding tert-OH is 8. The average molecular weight is 1610 g/mol. The van der Waals surface area contributed by atoms with Crippen LogP contribution in [0.2, 0.25) is 0 Å². The maximum atomic E-state index is 12.5. The molecule has 4 rings (SSSR count). The second kappa shape index (κ2) is 60.8. The number of carbonyl (C=O) groups is 8. The molecule has 4 heterocycles. The summed E-state index contributed by atoms with van der Waals surface area (Å²) in [7, 11) is -4.92. The Bertz CT molecular complexity index is 2670. The number of amides is 4. The number of unbranched alkanes of at least 4 members (excludes halogenated alkanes) is 23. The van der Waals surface area contributed by atoms with Crippen molar-refractivity contribution in [1.82, 2.24) is 21.3 Å². The molecule has 0 bridgehead atoms. The molecule has 4 aliphatic rings. The van der Waals surface area contributed by atoms with Gasteiger partial charge in [0.2, 0.25) is 34.0 Å². The number of nitrogens with one attached hydrogen (secondary N) is 4. The van der Waals surface area contributed by atoms with Crippen LogP contribution in [0, 0.1) is 6.92 Å². The van der Waals surface area contributed by atoms with Crippen molar-refractivity contribution in [2.24, 2.45) is 0 Å². The van der Waals surface area contributed by atoms with Crippen LogP contribution in [0.1, 0.15) is 245 Å². The number of hydrogen-bond acceptors (Lipinski definition) is 29. The summed E-state index contributed by atoms with van der Waals surface area (Å²) < 4.78 is 77.4. The number of ether oxygens (including phenoxy) is 8. The van der Waals surface area contributed by atoms with Crippen molar-refractivity contribution in [2.75, 3.05) is 26.3 Å². The largest absolute Gasteiger partial charge is 1.00 e. The van der Waals surface area contributed by atoms with Crippen LogP contribution in [-0.4, -0.2) is 255 Å². The first-order valence-electron chi connectivity index (χ1n) is 38.0. The van der Waals surface area contributed by atoms with E-state index in [1.165, 1.54) is 6.92 Å². The van der Waals surface area contributed by atoms with Crippen LogP contribution >= 0.6 is 0 Å². The zero-order valence-corrected chi connectivity index (χ0v) is 71.7. The molecule has 20 atom stereocenters. The fraction of sp³-hybridized carbons (Fsp3) is 0.873. The van der Waals surface area contributed by atoms with Gasteiger partial charge < -0.3 is 131 Å². The minimum absolute atomic E-state index is 0. The van der Waals surface area contributed by atoms with Gasteiger partial charge in [0.15, 0.2) is 25.2 Å². The summed E-state index contributed by atoms with van der Waals surface area (Å²) in [6, 6.07) is -2.72. The van der Waals surface area contributed by atoms with E-state index in [0.717, 1.165) is 167 Å². The molecular formula is C71H122N4Na3O30S-. The van der Waals surface area contributed by atoms with E-state index in [0.29, 0.717) is 76.7 Å². The fourth-order valence-corrected chi connectivity index (χ4v) is 12.9. The zero-order valence-electron chi connectivity index (χ0n) is 64.8. The minimum Gasteiger partial charge on any atom is -0.726 e. The van der Waals surface area contributed by atoms with E-state index in [2.05, 4.69) is 28.2 Å². The molecule has 0 spiro atoms. The summed E-state index contributed by atoms with van der Waals surface area (Å²) in [5.41, 5.74) is 0. The summed E-state index contributed by atoms with van der Waals surface area (Å²) in [5, 5.41) is 120. The average Bonchev–Trinajstić information content (AvgIpc) is 0.785.